The summed E-state index contributed by atoms with van der Waals surface area (Å²) in [5, 5.41) is 4.22. The van der Waals surface area contributed by atoms with Crippen molar-refractivity contribution in [3.05, 3.63) is 40.8 Å². The van der Waals surface area contributed by atoms with Crippen LogP contribution in [0.2, 0.25) is 5.02 Å². The zero-order valence-electron chi connectivity index (χ0n) is 12.5. The number of nitrogens with zero attached hydrogens (tertiary/aromatic N) is 1. The Kier molecular flexibility index (Phi) is 4.51. The average Bonchev–Trinajstić information content (AvgIpc) is 2.70. The summed E-state index contributed by atoms with van der Waals surface area (Å²) in [7, 11) is 0. The van der Waals surface area contributed by atoms with Gasteiger partial charge in [-0.1, -0.05) is 23.7 Å². The number of nitrogens with one attached hydrogen (secondary N) is 2. The summed E-state index contributed by atoms with van der Waals surface area (Å²) in [6.07, 6.45) is 0.895. The lowest BCUT2D eigenvalue weighted by molar-refractivity contribution is 0.427. The molecule has 0 saturated heterocycles. The van der Waals surface area contributed by atoms with Crippen LogP contribution in [0.4, 0.5) is 0 Å². The van der Waals surface area contributed by atoms with Crippen LogP contribution in [-0.2, 0) is 6.42 Å². The lowest BCUT2D eigenvalue weighted by Gasteiger charge is -2.19. The third-order valence-electron chi connectivity index (χ3n) is 3.07. The molecule has 0 atom stereocenters. The molecule has 0 aliphatic heterocycles. The van der Waals surface area contributed by atoms with E-state index in [9.17, 15) is 0 Å². The SMILES string of the molecule is Cc1[nH]c(CCNC(C)(C)C)nc1-c1ccc(Cl)cc1. The summed E-state index contributed by atoms with van der Waals surface area (Å²) in [5.41, 5.74) is 3.34. The van der Waals surface area contributed by atoms with Gasteiger partial charge in [-0.25, -0.2) is 4.98 Å². The van der Waals surface area contributed by atoms with Crippen LogP contribution in [0.25, 0.3) is 11.3 Å². The number of aryl methyl sites for hydroxylation is 1. The summed E-state index contributed by atoms with van der Waals surface area (Å²) in [6.45, 7) is 9.46. The van der Waals surface area contributed by atoms with Crippen molar-refractivity contribution >= 4 is 11.6 Å². The van der Waals surface area contributed by atoms with Crippen LogP contribution in [-0.4, -0.2) is 22.1 Å². The molecule has 0 fully saturated rings. The zero-order chi connectivity index (χ0) is 14.8. The molecule has 20 heavy (non-hydrogen) atoms. The van der Waals surface area contributed by atoms with Gasteiger partial charge in [0.15, 0.2) is 0 Å². The van der Waals surface area contributed by atoms with Crippen LogP contribution in [0.3, 0.4) is 0 Å². The van der Waals surface area contributed by atoms with Crippen molar-refractivity contribution < 1.29 is 0 Å². The quantitative estimate of drug-likeness (QED) is 0.895. The van der Waals surface area contributed by atoms with Crippen molar-refractivity contribution in [2.45, 2.75) is 39.7 Å². The number of rotatable bonds is 4. The number of benzene rings is 1. The van der Waals surface area contributed by atoms with Gasteiger partial charge < -0.3 is 10.3 Å². The Morgan fingerprint density at radius 1 is 1.20 bits per heavy atom. The fourth-order valence-electron chi connectivity index (χ4n) is 2.09. The van der Waals surface area contributed by atoms with Gasteiger partial charge in [-0.3, -0.25) is 0 Å². The first-order chi connectivity index (χ1) is 9.35. The molecule has 1 heterocycles. The molecule has 2 rings (SSSR count). The van der Waals surface area contributed by atoms with Crippen LogP contribution in [0.1, 0.15) is 32.3 Å². The maximum absolute atomic E-state index is 5.92. The summed E-state index contributed by atoms with van der Waals surface area (Å²) in [6, 6.07) is 7.79. The fourth-order valence-corrected chi connectivity index (χ4v) is 2.21. The molecule has 0 radical (unpaired) electrons. The maximum atomic E-state index is 5.92. The first kappa shape index (κ1) is 15.1. The standard InChI is InChI=1S/C16H22ClN3/c1-11-15(12-5-7-13(17)8-6-12)20-14(19-11)9-10-18-16(2,3)4/h5-8,18H,9-10H2,1-4H3,(H,19,20). The predicted molar refractivity (Wildman–Crippen MR) is 85.2 cm³/mol. The van der Waals surface area contributed by atoms with E-state index in [2.05, 4.69) is 38.0 Å². The van der Waals surface area contributed by atoms with E-state index in [1.807, 2.05) is 24.3 Å². The Morgan fingerprint density at radius 2 is 1.85 bits per heavy atom. The van der Waals surface area contributed by atoms with E-state index >= 15 is 0 Å². The monoisotopic (exact) mass is 291 g/mol. The van der Waals surface area contributed by atoms with E-state index in [0.29, 0.717) is 0 Å². The number of hydrogen-bond donors (Lipinski definition) is 2. The Bertz CT molecular complexity index is 564. The van der Waals surface area contributed by atoms with Gasteiger partial charge in [0.25, 0.3) is 0 Å². The third-order valence-corrected chi connectivity index (χ3v) is 3.32. The Morgan fingerprint density at radius 3 is 2.45 bits per heavy atom. The molecule has 0 bridgehead atoms. The normalized spacial score (nSPS) is 11.8. The average molecular weight is 292 g/mol. The van der Waals surface area contributed by atoms with Crippen LogP contribution in [0.15, 0.2) is 24.3 Å². The van der Waals surface area contributed by atoms with E-state index in [1.165, 1.54) is 0 Å². The minimum Gasteiger partial charge on any atom is -0.346 e. The van der Waals surface area contributed by atoms with Gasteiger partial charge in [0.2, 0.25) is 0 Å². The van der Waals surface area contributed by atoms with Crippen molar-refractivity contribution in [3.8, 4) is 11.3 Å². The molecule has 4 heteroatoms. The van der Waals surface area contributed by atoms with Crippen LogP contribution in [0, 0.1) is 6.92 Å². The summed E-state index contributed by atoms with van der Waals surface area (Å²) in [5.74, 6) is 1.02. The van der Waals surface area contributed by atoms with Crippen molar-refractivity contribution in [1.29, 1.82) is 0 Å². The first-order valence-electron chi connectivity index (χ1n) is 6.91. The van der Waals surface area contributed by atoms with E-state index in [0.717, 1.165) is 40.8 Å². The molecule has 1 aromatic heterocycles. The van der Waals surface area contributed by atoms with Gasteiger partial charge >= 0.3 is 0 Å². The highest BCUT2D eigenvalue weighted by molar-refractivity contribution is 6.30. The highest BCUT2D eigenvalue weighted by Gasteiger charge is 2.11. The van der Waals surface area contributed by atoms with Gasteiger partial charge in [0.1, 0.15) is 5.82 Å². The van der Waals surface area contributed by atoms with Gasteiger partial charge in [-0.05, 0) is 39.8 Å². The number of halogens is 1. The van der Waals surface area contributed by atoms with Gasteiger partial charge in [-0.15, -0.1) is 0 Å². The van der Waals surface area contributed by atoms with Crippen molar-refractivity contribution in [1.82, 2.24) is 15.3 Å². The van der Waals surface area contributed by atoms with Crippen molar-refractivity contribution in [2.24, 2.45) is 0 Å². The minimum atomic E-state index is 0.140. The van der Waals surface area contributed by atoms with Crippen LogP contribution in [0.5, 0.6) is 0 Å². The Labute approximate surface area is 125 Å². The second-order valence-corrected chi connectivity index (χ2v) is 6.53. The van der Waals surface area contributed by atoms with Crippen LogP contribution < -0.4 is 5.32 Å². The highest BCUT2D eigenvalue weighted by atomic mass is 35.5. The molecule has 0 spiro atoms. The van der Waals surface area contributed by atoms with Crippen molar-refractivity contribution in [2.75, 3.05) is 6.54 Å². The van der Waals surface area contributed by atoms with Gasteiger partial charge in [-0.2, -0.15) is 0 Å². The molecular weight excluding hydrogens is 270 g/mol. The molecule has 0 saturated carbocycles. The Hall–Kier alpha value is -1.32. The minimum absolute atomic E-state index is 0.140. The van der Waals surface area contributed by atoms with E-state index in [-0.39, 0.29) is 5.54 Å². The van der Waals surface area contributed by atoms with E-state index < -0.39 is 0 Å². The zero-order valence-corrected chi connectivity index (χ0v) is 13.3. The smallest absolute Gasteiger partial charge is 0.108 e. The van der Waals surface area contributed by atoms with E-state index in [1.54, 1.807) is 0 Å². The third kappa shape index (κ3) is 4.09. The predicted octanol–water partition coefficient (Wildman–Crippen LogP) is 3.97. The second kappa shape index (κ2) is 5.98. The largest absolute Gasteiger partial charge is 0.346 e. The van der Waals surface area contributed by atoms with Crippen LogP contribution >= 0.6 is 11.6 Å². The fraction of sp³-hybridized carbons (Fsp3) is 0.438. The topological polar surface area (TPSA) is 40.7 Å². The van der Waals surface area contributed by atoms with Gasteiger partial charge in [0, 0.05) is 34.8 Å². The molecule has 2 N–H and O–H groups in total. The highest BCUT2D eigenvalue weighted by Crippen LogP contribution is 2.23. The summed E-state index contributed by atoms with van der Waals surface area (Å²) < 4.78 is 0. The lowest BCUT2D eigenvalue weighted by Crippen LogP contribution is -2.37. The number of hydrogen-bond acceptors (Lipinski definition) is 2. The Balaban J connectivity index is 2.08. The molecular formula is C16H22ClN3. The number of aromatic amines is 1. The number of H-pyrrole nitrogens is 1. The molecule has 2 aromatic rings. The van der Waals surface area contributed by atoms with Gasteiger partial charge in [0.05, 0.1) is 5.69 Å². The van der Waals surface area contributed by atoms with Crippen molar-refractivity contribution in [3.63, 3.8) is 0 Å². The molecule has 0 aliphatic rings. The van der Waals surface area contributed by atoms with E-state index in [4.69, 9.17) is 16.6 Å². The lowest BCUT2D eigenvalue weighted by atomic mass is 10.1. The molecule has 108 valence electrons. The molecule has 0 amide bonds. The second-order valence-electron chi connectivity index (χ2n) is 6.09. The number of imidazole rings is 1. The molecule has 0 unspecified atom stereocenters. The number of aromatic nitrogens is 2. The molecule has 0 aliphatic carbocycles. The summed E-state index contributed by atoms with van der Waals surface area (Å²) in [4.78, 5) is 8.05. The maximum Gasteiger partial charge on any atom is 0.108 e. The summed E-state index contributed by atoms with van der Waals surface area (Å²) >= 11 is 5.92. The molecule has 1 aromatic carbocycles. The first-order valence-corrected chi connectivity index (χ1v) is 7.29. The molecule has 3 nitrogen and oxygen atoms in total.